The molecule has 0 fully saturated rings. The SMILES string of the molecule is NCCC1CN(c2ncnc3[nH]ncc23)c2ccccc21. The maximum atomic E-state index is 5.76. The van der Waals surface area contributed by atoms with E-state index in [1.807, 2.05) is 0 Å². The van der Waals surface area contributed by atoms with Crippen molar-refractivity contribution < 1.29 is 0 Å². The first-order valence-electron chi connectivity index (χ1n) is 7.09. The fraction of sp³-hybridized carbons (Fsp3) is 0.267. The molecule has 6 heteroatoms. The summed E-state index contributed by atoms with van der Waals surface area (Å²) >= 11 is 0. The van der Waals surface area contributed by atoms with Crippen molar-refractivity contribution >= 4 is 22.5 Å². The number of nitrogens with one attached hydrogen (secondary N) is 1. The van der Waals surface area contributed by atoms with Gasteiger partial charge in [-0.25, -0.2) is 9.97 Å². The molecule has 3 aromatic rings. The molecular weight excluding hydrogens is 264 g/mol. The molecule has 1 unspecified atom stereocenters. The second kappa shape index (κ2) is 4.82. The summed E-state index contributed by atoms with van der Waals surface area (Å²) < 4.78 is 0. The molecule has 0 aliphatic carbocycles. The maximum absolute atomic E-state index is 5.76. The second-order valence-electron chi connectivity index (χ2n) is 5.27. The highest BCUT2D eigenvalue weighted by atomic mass is 15.2. The molecule has 1 aliphatic rings. The number of rotatable bonds is 3. The van der Waals surface area contributed by atoms with Crippen LogP contribution >= 0.6 is 0 Å². The second-order valence-corrected chi connectivity index (χ2v) is 5.27. The normalized spacial score (nSPS) is 17.4. The van der Waals surface area contributed by atoms with E-state index in [0.29, 0.717) is 12.5 Å². The van der Waals surface area contributed by atoms with Gasteiger partial charge in [0.2, 0.25) is 0 Å². The highest BCUT2D eigenvalue weighted by Crippen LogP contribution is 2.42. The van der Waals surface area contributed by atoms with Crippen LogP contribution in [0.15, 0.2) is 36.8 Å². The van der Waals surface area contributed by atoms with Gasteiger partial charge in [0.25, 0.3) is 0 Å². The zero-order valence-electron chi connectivity index (χ0n) is 11.5. The van der Waals surface area contributed by atoms with Crippen molar-refractivity contribution in [2.24, 2.45) is 5.73 Å². The molecule has 0 radical (unpaired) electrons. The van der Waals surface area contributed by atoms with Gasteiger partial charge in [-0.2, -0.15) is 5.10 Å². The first kappa shape index (κ1) is 12.3. The van der Waals surface area contributed by atoms with Crippen LogP contribution in [-0.4, -0.2) is 33.3 Å². The van der Waals surface area contributed by atoms with Crippen molar-refractivity contribution in [2.75, 3.05) is 18.0 Å². The number of aromatic nitrogens is 4. The lowest BCUT2D eigenvalue weighted by Crippen LogP contribution is -2.18. The number of fused-ring (bicyclic) bond motifs is 2. The van der Waals surface area contributed by atoms with E-state index in [9.17, 15) is 0 Å². The number of nitrogens with two attached hydrogens (primary N) is 1. The van der Waals surface area contributed by atoms with Gasteiger partial charge in [-0.05, 0) is 24.6 Å². The van der Waals surface area contributed by atoms with E-state index in [4.69, 9.17) is 5.73 Å². The Morgan fingerprint density at radius 2 is 2.19 bits per heavy atom. The molecule has 3 heterocycles. The first-order valence-corrected chi connectivity index (χ1v) is 7.09. The van der Waals surface area contributed by atoms with Crippen LogP contribution in [0.2, 0.25) is 0 Å². The van der Waals surface area contributed by atoms with Gasteiger partial charge in [0.15, 0.2) is 5.65 Å². The van der Waals surface area contributed by atoms with Crippen LogP contribution in [0, 0.1) is 0 Å². The van der Waals surface area contributed by atoms with Crippen LogP contribution < -0.4 is 10.6 Å². The van der Waals surface area contributed by atoms with E-state index in [1.54, 1.807) is 12.5 Å². The van der Waals surface area contributed by atoms with Crippen LogP contribution in [0.1, 0.15) is 17.9 Å². The average molecular weight is 280 g/mol. The summed E-state index contributed by atoms with van der Waals surface area (Å²) in [4.78, 5) is 10.9. The number of benzene rings is 1. The Bertz CT molecular complexity index is 780. The monoisotopic (exact) mass is 280 g/mol. The van der Waals surface area contributed by atoms with Gasteiger partial charge in [-0.15, -0.1) is 0 Å². The third-order valence-electron chi connectivity index (χ3n) is 4.07. The molecule has 2 aromatic heterocycles. The average Bonchev–Trinajstić information content (AvgIpc) is 3.12. The summed E-state index contributed by atoms with van der Waals surface area (Å²) in [5.74, 6) is 1.35. The topological polar surface area (TPSA) is 83.7 Å². The third-order valence-corrected chi connectivity index (χ3v) is 4.07. The van der Waals surface area contributed by atoms with Gasteiger partial charge in [-0.3, -0.25) is 5.10 Å². The van der Waals surface area contributed by atoms with E-state index in [0.717, 1.165) is 29.8 Å². The van der Waals surface area contributed by atoms with Crippen molar-refractivity contribution in [1.82, 2.24) is 20.2 Å². The van der Waals surface area contributed by atoms with Gasteiger partial charge < -0.3 is 10.6 Å². The highest BCUT2D eigenvalue weighted by Gasteiger charge is 2.30. The summed E-state index contributed by atoms with van der Waals surface area (Å²) in [6, 6.07) is 8.47. The molecule has 21 heavy (non-hydrogen) atoms. The van der Waals surface area contributed by atoms with E-state index in [2.05, 4.69) is 49.3 Å². The van der Waals surface area contributed by atoms with Crippen molar-refractivity contribution in [3.05, 3.63) is 42.4 Å². The zero-order chi connectivity index (χ0) is 14.2. The Labute approximate surface area is 122 Å². The number of H-pyrrole nitrogens is 1. The number of anilines is 2. The predicted octanol–water partition coefficient (Wildman–Crippen LogP) is 1.94. The van der Waals surface area contributed by atoms with Crippen LogP contribution in [0.3, 0.4) is 0 Å². The maximum Gasteiger partial charge on any atom is 0.160 e. The minimum atomic E-state index is 0.447. The van der Waals surface area contributed by atoms with Crippen LogP contribution in [-0.2, 0) is 0 Å². The minimum Gasteiger partial charge on any atom is -0.330 e. The molecule has 0 saturated carbocycles. The molecule has 1 aromatic carbocycles. The zero-order valence-corrected chi connectivity index (χ0v) is 11.5. The summed E-state index contributed by atoms with van der Waals surface area (Å²) in [6.45, 7) is 1.59. The van der Waals surface area contributed by atoms with Gasteiger partial charge in [0, 0.05) is 18.2 Å². The van der Waals surface area contributed by atoms with E-state index in [1.165, 1.54) is 11.3 Å². The summed E-state index contributed by atoms with van der Waals surface area (Å²) in [7, 11) is 0. The smallest absolute Gasteiger partial charge is 0.160 e. The summed E-state index contributed by atoms with van der Waals surface area (Å²) in [6.07, 6.45) is 4.34. The van der Waals surface area contributed by atoms with E-state index in [-0.39, 0.29) is 0 Å². The van der Waals surface area contributed by atoms with Crippen molar-refractivity contribution in [3.8, 4) is 0 Å². The lowest BCUT2D eigenvalue weighted by molar-refractivity contribution is 0.667. The molecule has 0 spiro atoms. The highest BCUT2D eigenvalue weighted by molar-refractivity contribution is 5.90. The van der Waals surface area contributed by atoms with Gasteiger partial charge >= 0.3 is 0 Å². The predicted molar refractivity (Wildman–Crippen MR) is 81.5 cm³/mol. The molecule has 1 atom stereocenters. The van der Waals surface area contributed by atoms with Crippen molar-refractivity contribution in [2.45, 2.75) is 12.3 Å². The molecule has 3 N–H and O–H groups in total. The molecule has 0 saturated heterocycles. The molecule has 6 nitrogen and oxygen atoms in total. The standard InChI is InChI=1S/C15H16N6/c16-6-5-10-8-21(13-4-2-1-3-11(10)13)15-12-7-19-20-14(12)17-9-18-15/h1-4,7,9-10H,5-6,8,16H2,(H,17,18,19,20). The molecule has 1 aliphatic heterocycles. The van der Waals surface area contributed by atoms with E-state index < -0.39 is 0 Å². The number of para-hydroxylation sites is 1. The largest absolute Gasteiger partial charge is 0.330 e. The number of nitrogens with zero attached hydrogens (tertiary/aromatic N) is 4. The Morgan fingerprint density at radius 3 is 3.10 bits per heavy atom. The van der Waals surface area contributed by atoms with Gasteiger partial charge in [-0.1, -0.05) is 18.2 Å². The summed E-state index contributed by atoms with van der Waals surface area (Å²) in [5, 5.41) is 7.91. The first-order chi connectivity index (χ1) is 10.4. The molecule has 106 valence electrons. The minimum absolute atomic E-state index is 0.447. The van der Waals surface area contributed by atoms with Gasteiger partial charge in [0.1, 0.15) is 12.1 Å². The van der Waals surface area contributed by atoms with Gasteiger partial charge in [0.05, 0.1) is 11.6 Å². The Kier molecular flexibility index (Phi) is 2.82. The Morgan fingerprint density at radius 1 is 1.29 bits per heavy atom. The fourth-order valence-electron chi connectivity index (χ4n) is 3.11. The number of aromatic amines is 1. The fourth-order valence-corrected chi connectivity index (χ4v) is 3.11. The number of hydrogen-bond acceptors (Lipinski definition) is 5. The molecular formula is C15H16N6. The summed E-state index contributed by atoms with van der Waals surface area (Å²) in [5.41, 5.74) is 9.08. The quantitative estimate of drug-likeness (QED) is 0.766. The van der Waals surface area contributed by atoms with Crippen LogP contribution in [0.4, 0.5) is 11.5 Å². The van der Waals surface area contributed by atoms with Crippen molar-refractivity contribution in [1.29, 1.82) is 0 Å². The van der Waals surface area contributed by atoms with E-state index >= 15 is 0 Å². The van der Waals surface area contributed by atoms with Crippen LogP contribution in [0.25, 0.3) is 11.0 Å². The van der Waals surface area contributed by atoms with Crippen molar-refractivity contribution in [3.63, 3.8) is 0 Å². The Balaban J connectivity index is 1.85. The Hall–Kier alpha value is -2.47. The van der Waals surface area contributed by atoms with Crippen LogP contribution in [0.5, 0.6) is 0 Å². The molecule has 0 amide bonds. The third kappa shape index (κ3) is 1.87. The lowest BCUT2D eigenvalue weighted by atomic mass is 9.98. The molecule has 0 bridgehead atoms. The lowest BCUT2D eigenvalue weighted by Gasteiger charge is -2.19. The molecule has 4 rings (SSSR count). The number of hydrogen-bond donors (Lipinski definition) is 2.